The van der Waals surface area contributed by atoms with Crippen LogP contribution >= 0.6 is 15.6 Å². The van der Waals surface area contributed by atoms with E-state index in [4.69, 9.17) is 50.7 Å². The maximum Gasteiger partial charge on any atom is 0.472 e. The zero-order valence-corrected chi connectivity index (χ0v) is 35.0. The number of hydrogen-bond acceptors (Lipinski definition) is 21. The third kappa shape index (κ3) is 12.3. The van der Waals surface area contributed by atoms with Gasteiger partial charge in [-0.3, -0.25) is 27.5 Å². The molecule has 2 fully saturated rings. The molecule has 31 heteroatoms. The molecule has 0 radical (unpaired) electrons. The molecule has 1 aromatic carbocycles. The number of benzene rings is 1. The van der Waals surface area contributed by atoms with Crippen LogP contribution in [-0.2, 0) is 53.1 Å². The number of aliphatic hydroxyl groups excluding tert-OH is 1. The lowest BCUT2D eigenvalue weighted by atomic mass is 10.1. The highest BCUT2D eigenvalue weighted by Crippen LogP contribution is 2.50. The van der Waals surface area contributed by atoms with E-state index in [1.165, 1.54) is 23.2 Å². The smallest absolute Gasteiger partial charge is 0.455 e. The highest BCUT2D eigenvalue weighted by Gasteiger charge is 2.50. The molecule has 0 spiro atoms. The molecule has 9 atom stereocenters. The number of alkyl carbamates (subject to hydrolysis) is 1. The minimum atomic E-state index is -5.20. The third-order valence-corrected chi connectivity index (χ3v) is 11.2. The summed E-state index contributed by atoms with van der Waals surface area (Å²) < 4.78 is 64.8. The van der Waals surface area contributed by atoms with Crippen molar-refractivity contribution in [3.05, 3.63) is 75.7 Å². The Balaban J connectivity index is 1.08. The summed E-state index contributed by atoms with van der Waals surface area (Å²) >= 11 is 0. The first kappa shape index (κ1) is 47.8. The van der Waals surface area contributed by atoms with Crippen molar-refractivity contribution in [2.75, 3.05) is 31.2 Å². The monoisotopic (exact) mass is 939 g/mol. The maximum absolute atomic E-state index is 13.4. The molecule has 0 saturated carbocycles. The minimum Gasteiger partial charge on any atom is -0.455 e. The SMILES string of the molecule is [N-]=[N+]=Nc1ccccc1COC(=O)NCCCC[C@@H](N)C(=O)O[C@H]1[C@@H](O)[C@H](n2cnc3c(N)ncnc32)O[C@H]1COP(=O)(O)O[C@H]1C[C@H](n2ccc(N)nc2=O)O[C@@H]1COP(=O)(O)O. The number of fused-ring (bicyclic) bond motifs is 1. The van der Waals surface area contributed by atoms with Crippen molar-refractivity contribution < 1.29 is 71.0 Å². The molecule has 6 rings (SSSR count). The van der Waals surface area contributed by atoms with E-state index in [2.05, 4.69) is 39.8 Å². The molecular weight excluding hydrogens is 896 g/mol. The Labute approximate surface area is 360 Å². The van der Waals surface area contributed by atoms with Crippen LogP contribution in [0.25, 0.3) is 21.6 Å². The van der Waals surface area contributed by atoms with Gasteiger partial charge < -0.3 is 61.3 Å². The van der Waals surface area contributed by atoms with E-state index in [-0.39, 0.29) is 48.8 Å². The summed E-state index contributed by atoms with van der Waals surface area (Å²) in [6.45, 7) is -1.73. The number of amides is 1. The molecular formula is C33H43N13O16P2. The van der Waals surface area contributed by atoms with E-state index in [0.29, 0.717) is 24.1 Å². The first-order chi connectivity index (χ1) is 30.4. The standard InChI is InChI=1S/C33H43N13O16P2/c34-18(6-3-4-9-38-33(50)56-12-17-5-1-2-7-19(17)43-44-37)31(48)61-27-22(60-30(26(27)47)46-16-41-25-28(36)39-15-40-29(25)46)14-58-64(54,55)62-20-11-24(45-10-8-23(35)42-32(45)49)59-21(20)13-57-63(51,52)53/h1-2,5,7-8,10,15-16,18,20-22,24,26-27,30,47H,3-4,6,9,11-14,34H2,(H,38,50)(H,54,55)(H2,35,42,49)(H2,36,39,40)(H2,51,52,53)/t18-,20+,21-,22+,24-,26-,27-,30-/m1/s1. The average Bonchev–Trinajstić information content (AvgIpc) is 3.93. The van der Waals surface area contributed by atoms with Crippen LogP contribution in [0.4, 0.5) is 22.1 Å². The number of carbonyl (C=O) groups is 2. The van der Waals surface area contributed by atoms with Gasteiger partial charge in [-0.2, -0.15) is 4.98 Å². The molecule has 3 aromatic heterocycles. The Morgan fingerprint density at radius 3 is 2.56 bits per heavy atom. The molecule has 2 aliphatic rings. The summed E-state index contributed by atoms with van der Waals surface area (Å²) in [4.78, 5) is 86.0. The number of phosphoric acid groups is 2. The molecule has 2 aliphatic heterocycles. The van der Waals surface area contributed by atoms with Gasteiger partial charge in [0, 0.05) is 29.8 Å². The average molecular weight is 940 g/mol. The van der Waals surface area contributed by atoms with Gasteiger partial charge in [0.2, 0.25) is 0 Å². The molecule has 1 amide bonds. The predicted octanol–water partition coefficient (Wildman–Crippen LogP) is 0.683. The van der Waals surface area contributed by atoms with Gasteiger partial charge in [0.05, 0.1) is 19.5 Å². The molecule has 0 bridgehead atoms. The molecule has 29 nitrogen and oxygen atoms in total. The Morgan fingerprint density at radius 1 is 1.05 bits per heavy atom. The first-order valence-electron chi connectivity index (χ1n) is 19.0. The zero-order valence-electron chi connectivity index (χ0n) is 33.2. The number of nitrogen functional groups attached to an aromatic ring is 2. The molecule has 64 heavy (non-hydrogen) atoms. The molecule has 1 unspecified atom stereocenters. The lowest BCUT2D eigenvalue weighted by molar-refractivity contribution is -0.158. The summed E-state index contributed by atoms with van der Waals surface area (Å²) in [5, 5.41) is 17.6. The number of aromatic nitrogens is 6. The Kier molecular flexibility index (Phi) is 15.6. The number of nitrogens with one attached hydrogen (secondary N) is 1. The Bertz CT molecular complexity index is 2500. The zero-order chi connectivity index (χ0) is 46.2. The van der Waals surface area contributed by atoms with Crippen LogP contribution in [0.2, 0.25) is 0 Å². The van der Waals surface area contributed by atoms with E-state index in [0.717, 1.165) is 10.9 Å². The fourth-order valence-electron chi connectivity index (χ4n) is 6.59. The lowest BCUT2D eigenvalue weighted by Crippen LogP contribution is -2.43. The van der Waals surface area contributed by atoms with Gasteiger partial charge in [-0.1, -0.05) is 29.4 Å². The quantitative estimate of drug-likeness (QED) is 0.0151. The molecule has 11 N–H and O–H groups in total. The number of esters is 1. The van der Waals surface area contributed by atoms with Gasteiger partial charge in [-0.05, 0) is 36.4 Å². The van der Waals surface area contributed by atoms with Crippen LogP contribution in [0.5, 0.6) is 0 Å². The number of carbonyl (C=O) groups excluding carboxylic acids is 2. The normalized spacial score (nSPS) is 23.5. The van der Waals surface area contributed by atoms with Crippen molar-refractivity contribution in [3.63, 3.8) is 0 Å². The van der Waals surface area contributed by atoms with Crippen molar-refractivity contribution in [3.8, 4) is 0 Å². The van der Waals surface area contributed by atoms with Crippen molar-refractivity contribution >= 4 is 56.2 Å². The summed E-state index contributed by atoms with van der Waals surface area (Å²) in [6.07, 6.45) is -7.11. The number of rotatable bonds is 20. The number of hydrogen-bond donors (Lipinski definition) is 8. The van der Waals surface area contributed by atoms with Crippen LogP contribution in [0, 0.1) is 0 Å². The van der Waals surface area contributed by atoms with E-state index in [9.17, 15) is 43.3 Å². The molecule has 2 saturated heterocycles. The second-order valence-electron chi connectivity index (χ2n) is 14.1. The second kappa shape index (κ2) is 20.9. The minimum absolute atomic E-state index is 0.00342. The highest BCUT2D eigenvalue weighted by molar-refractivity contribution is 7.47. The van der Waals surface area contributed by atoms with Crippen LogP contribution in [0.3, 0.4) is 0 Å². The third-order valence-electron chi connectivity index (χ3n) is 9.66. The van der Waals surface area contributed by atoms with Gasteiger partial charge in [-0.15, -0.1) is 0 Å². The van der Waals surface area contributed by atoms with Crippen molar-refractivity contribution in [1.29, 1.82) is 0 Å². The topological polar surface area (TPSA) is 431 Å². The van der Waals surface area contributed by atoms with Gasteiger partial charge in [0.25, 0.3) is 0 Å². The van der Waals surface area contributed by atoms with Crippen LogP contribution in [-0.4, -0.2) is 117 Å². The second-order valence-corrected chi connectivity index (χ2v) is 16.7. The fourth-order valence-corrected chi connectivity index (χ4v) is 7.90. The Hall–Kier alpha value is -5.64. The van der Waals surface area contributed by atoms with Crippen molar-refractivity contribution in [1.82, 2.24) is 34.4 Å². The van der Waals surface area contributed by atoms with E-state index in [1.54, 1.807) is 24.3 Å². The van der Waals surface area contributed by atoms with Crippen molar-refractivity contribution in [2.45, 2.75) is 81.3 Å². The largest absolute Gasteiger partial charge is 0.472 e. The number of unbranched alkanes of at least 4 members (excludes halogenated alkanes) is 1. The summed E-state index contributed by atoms with van der Waals surface area (Å²) in [6, 6.07) is 6.58. The van der Waals surface area contributed by atoms with Crippen LogP contribution in [0.15, 0.2) is 59.1 Å². The summed E-state index contributed by atoms with van der Waals surface area (Å²) in [5.41, 5.74) is 26.5. The number of aliphatic hydroxyl groups is 1. The van der Waals surface area contributed by atoms with Crippen LogP contribution < -0.4 is 28.2 Å². The van der Waals surface area contributed by atoms with Gasteiger partial charge >= 0.3 is 33.4 Å². The number of imidazole rings is 1. The van der Waals surface area contributed by atoms with E-state index in [1.807, 2.05) is 0 Å². The predicted molar refractivity (Wildman–Crippen MR) is 215 cm³/mol. The number of phosphoric ester groups is 2. The fraction of sp³-hybridized carbons (Fsp3) is 0.485. The maximum atomic E-state index is 13.4. The number of azide groups is 1. The highest BCUT2D eigenvalue weighted by atomic mass is 31.2. The molecule has 0 aliphatic carbocycles. The number of anilines is 2. The number of ether oxygens (including phenoxy) is 4. The summed E-state index contributed by atoms with van der Waals surface area (Å²) in [7, 11) is -10.3. The van der Waals surface area contributed by atoms with E-state index >= 15 is 0 Å². The molecule has 5 heterocycles. The molecule has 4 aromatic rings. The Morgan fingerprint density at radius 2 is 1.81 bits per heavy atom. The van der Waals surface area contributed by atoms with Crippen LogP contribution in [0.1, 0.15) is 43.7 Å². The van der Waals surface area contributed by atoms with Gasteiger partial charge in [0.1, 0.15) is 61.0 Å². The lowest BCUT2D eigenvalue weighted by Gasteiger charge is -2.24. The van der Waals surface area contributed by atoms with Crippen molar-refractivity contribution in [2.24, 2.45) is 10.8 Å². The molecule has 346 valence electrons. The first-order valence-corrected chi connectivity index (χ1v) is 22.1. The van der Waals surface area contributed by atoms with Gasteiger partial charge in [-0.25, -0.2) is 33.7 Å². The van der Waals surface area contributed by atoms with E-state index < -0.39 is 95.6 Å². The number of nitrogens with zero attached hydrogens (tertiary/aromatic N) is 9. The number of nitrogens with two attached hydrogens (primary N) is 3. The van der Waals surface area contributed by atoms with Gasteiger partial charge in [0.15, 0.2) is 23.8 Å². The summed E-state index contributed by atoms with van der Waals surface area (Å²) in [5.74, 6) is -1.10.